The maximum Gasteiger partial charge on any atom is 0.335 e. The summed E-state index contributed by atoms with van der Waals surface area (Å²) in [6.07, 6.45) is 1.10. The van der Waals surface area contributed by atoms with Crippen LogP contribution in [0.5, 0.6) is 5.75 Å². The number of hydrogen-bond donors (Lipinski definition) is 4. The fourth-order valence-electron chi connectivity index (χ4n) is 3.47. The number of nitrogens with zero attached hydrogens (tertiary/aromatic N) is 3. The number of rotatable bonds is 6. The normalized spacial score (nSPS) is 10.8. The summed E-state index contributed by atoms with van der Waals surface area (Å²) in [4.78, 5) is 24.2. The van der Waals surface area contributed by atoms with Crippen LogP contribution in [0.15, 0.2) is 75.7 Å². The smallest absolute Gasteiger partial charge is 0.335 e. The molecule has 0 fully saturated rings. The van der Waals surface area contributed by atoms with Crippen LogP contribution in [0.4, 0.5) is 11.4 Å². The molecule has 0 unspecified atom stereocenters. The van der Waals surface area contributed by atoms with Crippen molar-refractivity contribution in [3.05, 3.63) is 93.4 Å². The lowest BCUT2D eigenvalue weighted by Gasteiger charge is -2.07. The minimum atomic E-state index is -1.06. The number of aromatic nitrogens is 2. The molecule has 4 aromatic rings. The largest absolute Gasteiger partial charge is 0.505 e. The van der Waals surface area contributed by atoms with Gasteiger partial charge in [-0.3, -0.25) is 9.89 Å². The zero-order valence-corrected chi connectivity index (χ0v) is 21.3. The summed E-state index contributed by atoms with van der Waals surface area (Å²) in [5, 5.41) is 31.2. The first-order chi connectivity index (χ1) is 17.7. The molecule has 0 spiro atoms. The first-order valence-electron chi connectivity index (χ1n) is 11.8. The Morgan fingerprint density at radius 3 is 2.35 bits per heavy atom. The third kappa shape index (κ3) is 6.20. The van der Waals surface area contributed by atoms with E-state index in [2.05, 4.69) is 22.3 Å². The van der Waals surface area contributed by atoms with Crippen molar-refractivity contribution < 1.29 is 15.0 Å². The number of nitrogens with two attached hydrogens (primary N) is 1. The molecular formula is C28H31N5O4. The number of H-pyrrole nitrogens is 1. The summed E-state index contributed by atoms with van der Waals surface area (Å²) < 4.78 is 1.41. The lowest BCUT2D eigenvalue weighted by atomic mass is 10.0. The molecule has 192 valence electrons. The Balaban J connectivity index is 0.000000886. The number of phenolic OH excluding ortho intramolecular Hbond substituents is 1. The number of carboxylic acid groups (broad SMARTS) is 1. The summed E-state index contributed by atoms with van der Waals surface area (Å²) in [5.41, 5.74) is 9.41. The molecule has 0 atom stereocenters. The van der Waals surface area contributed by atoms with Crippen LogP contribution in [0.2, 0.25) is 0 Å². The second-order valence-corrected chi connectivity index (χ2v) is 8.54. The van der Waals surface area contributed by atoms with Crippen LogP contribution in [-0.4, -0.2) is 32.5 Å². The number of carboxylic acids is 1. The predicted molar refractivity (Wildman–Crippen MR) is 145 cm³/mol. The molecule has 5 N–H and O–H groups in total. The zero-order valence-electron chi connectivity index (χ0n) is 21.3. The number of carbonyl (C=O) groups is 1. The van der Waals surface area contributed by atoms with E-state index in [9.17, 15) is 19.8 Å². The van der Waals surface area contributed by atoms with Gasteiger partial charge in [0.1, 0.15) is 5.69 Å². The van der Waals surface area contributed by atoms with Crippen LogP contribution < -0.4 is 11.3 Å². The number of nitrogens with one attached hydrogen (secondary N) is 1. The van der Waals surface area contributed by atoms with Crippen molar-refractivity contribution in [1.29, 1.82) is 0 Å². The molecule has 0 aliphatic heterocycles. The second kappa shape index (κ2) is 12.0. The van der Waals surface area contributed by atoms with Gasteiger partial charge in [0, 0.05) is 5.56 Å². The van der Waals surface area contributed by atoms with Crippen molar-refractivity contribution in [2.45, 2.75) is 34.1 Å². The van der Waals surface area contributed by atoms with Crippen molar-refractivity contribution in [3.63, 3.8) is 0 Å². The van der Waals surface area contributed by atoms with Gasteiger partial charge in [-0.1, -0.05) is 37.3 Å². The number of phenols is 1. The van der Waals surface area contributed by atoms with Crippen LogP contribution >= 0.6 is 0 Å². The van der Waals surface area contributed by atoms with Gasteiger partial charge < -0.3 is 15.9 Å². The van der Waals surface area contributed by atoms with Crippen LogP contribution in [-0.2, 0) is 0 Å². The van der Waals surface area contributed by atoms with Gasteiger partial charge in [0.2, 0.25) is 0 Å². The number of aromatic hydroxyl groups is 1. The predicted octanol–water partition coefficient (Wildman–Crippen LogP) is 5.93. The third-order valence-electron chi connectivity index (χ3n) is 5.77. The van der Waals surface area contributed by atoms with Gasteiger partial charge in [-0.05, 0) is 80.8 Å². The maximum atomic E-state index is 12.9. The highest BCUT2D eigenvalue weighted by molar-refractivity contribution is 5.90. The Morgan fingerprint density at radius 1 is 1.00 bits per heavy atom. The summed E-state index contributed by atoms with van der Waals surface area (Å²) in [6.45, 7) is 8.57. The molecule has 3 aromatic carbocycles. The highest BCUT2D eigenvalue weighted by atomic mass is 16.4. The molecule has 1 aromatic heterocycles. The molecule has 9 heteroatoms. The molecule has 9 nitrogen and oxygen atoms in total. The van der Waals surface area contributed by atoms with Gasteiger partial charge in [-0.2, -0.15) is 0 Å². The Bertz CT molecular complexity index is 1500. The third-order valence-corrected chi connectivity index (χ3v) is 5.77. The number of para-hydroxylation sites is 1. The molecular weight excluding hydrogens is 470 g/mol. The van der Waals surface area contributed by atoms with Gasteiger partial charge >= 0.3 is 5.97 Å². The molecule has 4 rings (SSSR count). The fraction of sp³-hybridized carbons (Fsp3) is 0.214. The zero-order chi connectivity index (χ0) is 27.1. The van der Waals surface area contributed by atoms with Crippen LogP contribution in [0.3, 0.4) is 0 Å². The van der Waals surface area contributed by atoms with Crippen LogP contribution in [0, 0.1) is 20.8 Å². The van der Waals surface area contributed by atoms with Crippen molar-refractivity contribution in [3.8, 4) is 22.6 Å². The van der Waals surface area contributed by atoms with E-state index in [1.54, 1.807) is 37.3 Å². The van der Waals surface area contributed by atoms with Gasteiger partial charge in [-0.25, -0.2) is 9.48 Å². The monoisotopic (exact) mass is 501 g/mol. The summed E-state index contributed by atoms with van der Waals surface area (Å²) >= 11 is 0. The highest BCUT2D eigenvalue weighted by Gasteiger charge is 2.14. The minimum absolute atomic E-state index is 0.105. The molecule has 1 heterocycles. The molecule has 0 amide bonds. The number of benzene rings is 3. The maximum absolute atomic E-state index is 12.9. The van der Waals surface area contributed by atoms with E-state index >= 15 is 0 Å². The standard InChI is InChI=1S/C25H22N4O4.C3H9N/c1-14-10-11-19(12-15(14)2)29-24(31)22(16(3)28-29)27-26-21-9-5-8-20(23(21)30)17-6-4-7-18(13-17)25(32)33;1-2-3-4/h4-13,28,30H,1-3H3,(H,32,33);2-4H2,1H3. The second-order valence-electron chi connectivity index (χ2n) is 8.54. The van der Waals surface area contributed by atoms with E-state index in [1.165, 1.54) is 16.8 Å². The molecule has 0 aliphatic rings. The SMILES string of the molecule is CCCN.Cc1ccc(-n2[nH]c(C)c(N=Nc3cccc(-c4cccc(C(=O)O)c4)c3O)c2=O)cc1C. The highest BCUT2D eigenvalue weighted by Crippen LogP contribution is 2.38. The van der Waals surface area contributed by atoms with E-state index in [4.69, 9.17) is 5.73 Å². The van der Waals surface area contributed by atoms with Crippen LogP contribution in [0.25, 0.3) is 16.8 Å². The number of aromatic amines is 1. The Labute approximate surface area is 214 Å². The molecule has 0 aliphatic carbocycles. The average molecular weight is 502 g/mol. The molecule has 0 saturated heterocycles. The van der Waals surface area contributed by atoms with Crippen molar-refractivity contribution in [1.82, 2.24) is 9.78 Å². The summed E-state index contributed by atoms with van der Waals surface area (Å²) in [7, 11) is 0. The number of azo groups is 1. The Morgan fingerprint density at radius 2 is 1.70 bits per heavy atom. The van der Waals surface area contributed by atoms with Crippen LogP contribution in [0.1, 0.15) is 40.5 Å². The fourth-order valence-corrected chi connectivity index (χ4v) is 3.47. The van der Waals surface area contributed by atoms with E-state index < -0.39 is 5.97 Å². The van der Waals surface area contributed by atoms with E-state index in [0.717, 1.165) is 24.1 Å². The van der Waals surface area contributed by atoms with E-state index in [-0.39, 0.29) is 28.2 Å². The number of hydrogen-bond acceptors (Lipinski definition) is 6. The molecule has 37 heavy (non-hydrogen) atoms. The Kier molecular flexibility index (Phi) is 8.76. The molecule has 0 radical (unpaired) electrons. The number of aryl methyl sites for hydroxylation is 3. The van der Waals surface area contributed by atoms with Gasteiger partial charge in [0.15, 0.2) is 11.4 Å². The molecule has 0 bridgehead atoms. The van der Waals surface area contributed by atoms with E-state index in [0.29, 0.717) is 22.5 Å². The van der Waals surface area contributed by atoms with Gasteiger partial charge in [0.25, 0.3) is 5.56 Å². The van der Waals surface area contributed by atoms with Gasteiger partial charge in [0.05, 0.1) is 16.9 Å². The first kappa shape index (κ1) is 27.1. The topological polar surface area (TPSA) is 146 Å². The summed E-state index contributed by atoms with van der Waals surface area (Å²) in [5.74, 6) is -1.22. The number of aromatic carboxylic acids is 1. The Hall–Kier alpha value is -4.50. The quantitative estimate of drug-likeness (QED) is 0.242. The van der Waals surface area contributed by atoms with Crippen molar-refractivity contribution in [2.75, 3.05) is 6.54 Å². The van der Waals surface area contributed by atoms with Crippen molar-refractivity contribution in [2.24, 2.45) is 16.0 Å². The van der Waals surface area contributed by atoms with Gasteiger partial charge in [-0.15, -0.1) is 10.2 Å². The van der Waals surface area contributed by atoms with Crippen molar-refractivity contribution >= 4 is 17.3 Å². The lowest BCUT2D eigenvalue weighted by Crippen LogP contribution is -2.14. The average Bonchev–Trinajstić information content (AvgIpc) is 3.18. The molecule has 0 saturated carbocycles. The lowest BCUT2D eigenvalue weighted by molar-refractivity contribution is 0.0697. The minimum Gasteiger partial charge on any atom is -0.505 e. The summed E-state index contributed by atoms with van der Waals surface area (Å²) in [6, 6.07) is 16.8. The first-order valence-corrected chi connectivity index (χ1v) is 11.8. The van der Waals surface area contributed by atoms with E-state index in [1.807, 2.05) is 32.0 Å².